The van der Waals surface area contributed by atoms with Crippen LogP contribution in [0.15, 0.2) is 24.3 Å². The van der Waals surface area contributed by atoms with E-state index in [1.165, 1.54) is 0 Å². The number of fused-ring (bicyclic) bond motifs is 1. The number of ketones is 1. The molecule has 0 spiro atoms. The van der Waals surface area contributed by atoms with Crippen LogP contribution in [0.4, 0.5) is 5.69 Å². The van der Waals surface area contributed by atoms with Gasteiger partial charge in [0.15, 0.2) is 5.78 Å². The smallest absolute Gasteiger partial charge is 0.251 e. The number of carbonyl (C=O) groups excluding carboxylic acids is 4. The monoisotopic (exact) mass is 538 g/mol. The lowest BCUT2D eigenvalue weighted by Gasteiger charge is -2.40. The first-order chi connectivity index (χ1) is 18.6. The summed E-state index contributed by atoms with van der Waals surface area (Å²) in [5, 5.41) is 2.96. The van der Waals surface area contributed by atoms with E-state index < -0.39 is 17.6 Å². The molecule has 212 valence electrons. The third-order valence-corrected chi connectivity index (χ3v) is 8.95. The molecule has 3 atom stereocenters. The third-order valence-electron chi connectivity index (χ3n) is 8.95. The van der Waals surface area contributed by atoms with Crippen molar-refractivity contribution in [1.29, 1.82) is 0 Å². The van der Waals surface area contributed by atoms with Gasteiger partial charge < -0.3 is 30.7 Å². The van der Waals surface area contributed by atoms with E-state index in [9.17, 15) is 19.2 Å². The predicted molar refractivity (Wildman–Crippen MR) is 148 cm³/mol. The molecular formula is C29H42N6O4. The van der Waals surface area contributed by atoms with Gasteiger partial charge in [0.25, 0.3) is 5.91 Å². The second-order valence-electron chi connectivity index (χ2n) is 12.2. The molecule has 5 rings (SSSR count). The van der Waals surface area contributed by atoms with Gasteiger partial charge in [0.05, 0.1) is 18.1 Å². The number of likely N-dealkylation sites (tertiary alicyclic amines) is 2. The Morgan fingerprint density at radius 2 is 1.69 bits per heavy atom. The molecule has 3 aliphatic heterocycles. The zero-order valence-corrected chi connectivity index (χ0v) is 23.4. The molecule has 0 radical (unpaired) electrons. The van der Waals surface area contributed by atoms with Gasteiger partial charge >= 0.3 is 0 Å². The van der Waals surface area contributed by atoms with Gasteiger partial charge in [-0.3, -0.25) is 19.2 Å². The molecule has 3 unspecified atom stereocenters. The van der Waals surface area contributed by atoms with Crippen LogP contribution in [-0.2, 0) is 14.4 Å². The number of nitrogens with zero attached hydrogens (tertiary/aromatic N) is 4. The zero-order valence-electron chi connectivity index (χ0n) is 23.4. The fraction of sp³-hybridized carbons (Fsp3) is 0.655. The highest BCUT2D eigenvalue weighted by atomic mass is 16.2. The van der Waals surface area contributed by atoms with Crippen LogP contribution >= 0.6 is 0 Å². The van der Waals surface area contributed by atoms with Gasteiger partial charge in [-0.15, -0.1) is 0 Å². The summed E-state index contributed by atoms with van der Waals surface area (Å²) in [6.45, 7) is 8.28. The van der Waals surface area contributed by atoms with Crippen molar-refractivity contribution in [1.82, 2.24) is 20.0 Å². The Labute approximate surface area is 230 Å². The number of hydrogen-bond acceptors (Lipinski definition) is 7. The normalized spacial score (nSPS) is 25.5. The number of likely N-dealkylation sites (N-methyl/N-ethyl adjacent to an activating group) is 1. The molecule has 1 aromatic carbocycles. The lowest BCUT2D eigenvalue weighted by molar-refractivity contribution is -0.141. The lowest BCUT2D eigenvalue weighted by atomic mass is 9.76. The molecule has 4 aliphatic rings. The third kappa shape index (κ3) is 5.41. The van der Waals surface area contributed by atoms with E-state index in [4.69, 9.17) is 5.73 Å². The lowest BCUT2D eigenvalue weighted by Crippen LogP contribution is -2.60. The summed E-state index contributed by atoms with van der Waals surface area (Å²) in [6, 6.07) is 5.77. The van der Waals surface area contributed by atoms with E-state index in [1.54, 1.807) is 21.9 Å². The van der Waals surface area contributed by atoms with Crippen LogP contribution in [0.25, 0.3) is 0 Å². The molecule has 1 saturated carbocycles. The maximum Gasteiger partial charge on any atom is 0.251 e. The van der Waals surface area contributed by atoms with Gasteiger partial charge in [-0.05, 0) is 69.3 Å². The molecule has 3 heterocycles. The maximum atomic E-state index is 13.8. The molecule has 3 N–H and O–H groups in total. The van der Waals surface area contributed by atoms with Crippen LogP contribution in [-0.4, -0.2) is 108 Å². The van der Waals surface area contributed by atoms with Crippen molar-refractivity contribution >= 4 is 29.2 Å². The number of hydrogen-bond donors (Lipinski definition) is 2. The van der Waals surface area contributed by atoms with E-state index in [0.29, 0.717) is 37.8 Å². The van der Waals surface area contributed by atoms with Gasteiger partial charge in [-0.1, -0.05) is 13.8 Å². The second-order valence-corrected chi connectivity index (χ2v) is 12.2. The number of carbonyl (C=O) groups is 4. The number of amides is 3. The summed E-state index contributed by atoms with van der Waals surface area (Å²) < 4.78 is 0. The molecule has 39 heavy (non-hydrogen) atoms. The maximum absolute atomic E-state index is 13.8. The minimum absolute atomic E-state index is 0.00223. The fourth-order valence-electron chi connectivity index (χ4n) is 6.42. The predicted octanol–water partition coefficient (Wildman–Crippen LogP) is 0.845. The highest BCUT2D eigenvalue weighted by molar-refractivity contribution is 6.02. The number of benzene rings is 1. The van der Waals surface area contributed by atoms with Crippen molar-refractivity contribution in [2.75, 3.05) is 51.2 Å². The van der Waals surface area contributed by atoms with Crippen LogP contribution in [0.2, 0.25) is 0 Å². The Balaban J connectivity index is 1.26. The van der Waals surface area contributed by atoms with Crippen LogP contribution in [0.3, 0.4) is 0 Å². The molecule has 0 aromatic heterocycles. The Bertz CT molecular complexity index is 1110. The van der Waals surface area contributed by atoms with E-state index in [1.807, 2.05) is 26.0 Å². The minimum atomic E-state index is -0.874. The summed E-state index contributed by atoms with van der Waals surface area (Å²) in [5.41, 5.74) is 6.99. The molecular weight excluding hydrogens is 496 g/mol. The van der Waals surface area contributed by atoms with E-state index in [0.717, 1.165) is 38.3 Å². The van der Waals surface area contributed by atoms with E-state index in [2.05, 4.69) is 22.2 Å². The van der Waals surface area contributed by atoms with Crippen molar-refractivity contribution in [2.45, 2.75) is 69.6 Å². The molecule has 3 amide bonds. The van der Waals surface area contributed by atoms with Gasteiger partial charge in [-0.2, -0.15) is 0 Å². The van der Waals surface area contributed by atoms with Crippen LogP contribution in [0.1, 0.15) is 56.3 Å². The highest BCUT2D eigenvalue weighted by Gasteiger charge is 2.55. The van der Waals surface area contributed by atoms with Gasteiger partial charge in [0, 0.05) is 44.0 Å². The van der Waals surface area contributed by atoms with Crippen molar-refractivity contribution < 1.29 is 19.2 Å². The van der Waals surface area contributed by atoms with Crippen LogP contribution in [0.5, 0.6) is 0 Å². The average molecular weight is 539 g/mol. The fourth-order valence-corrected chi connectivity index (χ4v) is 6.42. The largest absolute Gasteiger partial charge is 0.369 e. The number of Topliss-reactive ketones (excluding diaryl/α,β-unsaturated/α-hetero) is 1. The summed E-state index contributed by atoms with van der Waals surface area (Å²) in [7, 11) is 2.12. The number of rotatable bonds is 7. The number of nitrogens with two attached hydrogens (primary N) is 1. The SMILES string of the molecule is CC(C)CC(NC(=O)c1ccc(N2CCN(C)CC2)cc1)C(=O)N1CCC2C1C(=O)CN2C(=O)C1(N)CCC1. The number of piperazine rings is 1. The molecule has 0 bridgehead atoms. The van der Waals surface area contributed by atoms with Crippen molar-refractivity contribution in [3.8, 4) is 0 Å². The summed E-state index contributed by atoms with van der Waals surface area (Å²) >= 11 is 0. The molecule has 3 saturated heterocycles. The number of anilines is 1. The molecule has 10 heteroatoms. The first kappa shape index (κ1) is 27.6. The first-order valence-corrected chi connectivity index (χ1v) is 14.3. The van der Waals surface area contributed by atoms with Crippen molar-refractivity contribution in [3.63, 3.8) is 0 Å². The summed E-state index contributed by atoms with van der Waals surface area (Å²) in [5.74, 6) is -0.704. The van der Waals surface area contributed by atoms with E-state index in [-0.39, 0.29) is 42.0 Å². The molecule has 4 fully saturated rings. The Hall–Kier alpha value is -2.98. The summed E-state index contributed by atoms with van der Waals surface area (Å²) in [6.07, 6.45) is 3.18. The van der Waals surface area contributed by atoms with Crippen molar-refractivity contribution in [2.24, 2.45) is 11.7 Å². The highest BCUT2D eigenvalue weighted by Crippen LogP contribution is 2.37. The second kappa shape index (κ2) is 10.9. The standard InChI is InChI=1S/C29H42N6O4/c1-19(2)17-22(31-26(37)20-5-7-21(8-6-20)33-15-13-32(3)14-16-33)27(38)34-12-9-23-25(34)24(36)18-35(23)28(39)29(30)10-4-11-29/h5-8,19,22-23,25H,4,9-18,30H2,1-3H3,(H,31,37). The van der Waals surface area contributed by atoms with E-state index >= 15 is 0 Å². The van der Waals surface area contributed by atoms with Crippen molar-refractivity contribution in [3.05, 3.63) is 29.8 Å². The topological polar surface area (TPSA) is 119 Å². The first-order valence-electron chi connectivity index (χ1n) is 14.3. The zero-order chi connectivity index (χ0) is 27.9. The Morgan fingerprint density at radius 3 is 2.28 bits per heavy atom. The van der Waals surface area contributed by atoms with Crippen LogP contribution < -0.4 is 16.0 Å². The molecule has 10 nitrogen and oxygen atoms in total. The molecule has 1 aromatic rings. The van der Waals surface area contributed by atoms with Crippen LogP contribution in [0, 0.1) is 5.92 Å². The Kier molecular flexibility index (Phi) is 7.70. The quantitative estimate of drug-likeness (QED) is 0.528. The minimum Gasteiger partial charge on any atom is -0.369 e. The van der Waals surface area contributed by atoms with Gasteiger partial charge in [0.1, 0.15) is 12.1 Å². The number of nitrogens with one attached hydrogen (secondary N) is 1. The van der Waals surface area contributed by atoms with Gasteiger partial charge in [0.2, 0.25) is 11.8 Å². The average Bonchev–Trinajstić information content (AvgIpc) is 3.47. The summed E-state index contributed by atoms with van der Waals surface area (Å²) in [4.78, 5) is 61.0. The van der Waals surface area contributed by atoms with Gasteiger partial charge in [-0.25, -0.2) is 0 Å². The Morgan fingerprint density at radius 1 is 1.03 bits per heavy atom. The molecule has 1 aliphatic carbocycles.